The Morgan fingerprint density at radius 1 is 1.04 bits per heavy atom. The van der Waals surface area contributed by atoms with Crippen molar-refractivity contribution in [1.82, 2.24) is 14.7 Å². The summed E-state index contributed by atoms with van der Waals surface area (Å²) in [6.45, 7) is 13.9. The van der Waals surface area contributed by atoms with Crippen LogP contribution in [0.15, 0.2) is 24.3 Å². The predicted molar refractivity (Wildman–Crippen MR) is 108 cm³/mol. The molecule has 26 heavy (non-hydrogen) atoms. The fourth-order valence-corrected chi connectivity index (χ4v) is 4.65. The van der Waals surface area contributed by atoms with Crippen molar-refractivity contribution in [2.45, 2.75) is 64.7 Å². The van der Waals surface area contributed by atoms with Crippen LogP contribution in [0.5, 0.6) is 0 Å². The monoisotopic (exact) mass is 359 g/mol. The molecule has 1 aromatic rings. The number of piperazine rings is 1. The van der Waals surface area contributed by atoms with Gasteiger partial charge in [0.2, 0.25) is 0 Å². The van der Waals surface area contributed by atoms with Crippen LogP contribution >= 0.6 is 0 Å². The predicted octanol–water partition coefficient (Wildman–Crippen LogP) is 2.74. The third-order valence-electron chi connectivity index (χ3n) is 6.30. The van der Waals surface area contributed by atoms with E-state index in [1.54, 1.807) is 0 Å². The maximum atomic E-state index is 9.60. The van der Waals surface area contributed by atoms with E-state index in [1.165, 1.54) is 37.1 Å². The van der Waals surface area contributed by atoms with Gasteiger partial charge in [0.05, 0.1) is 0 Å². The highest BCUT2D eigenvalue weighted by Crippen LogP contribution is 2.25. The van der Waals surface area contributed by atoms with Gasteiger partial charge in [-0.05, 0) is 58.7 Å². The van der Waals surface area contributed by atoms with E-state index in [0.29, 0.717) is 24.7 Å². The average Bonchev–Trinajstić information content (AvgIpc) is 2.64. The van der Waals surface area contributed by atoms with Crippen molar-refractivity contribution in [2.24, 2.45) is 0 Å². The molecule has 2 aliphatic rings. The summed E-state index contributed by atoms with van der Waals surface area (Å²) in [7, 11) is 0. The highest BCUT2D eigenvalue weighted by Gasteiger charge is 2.33. The minimum atomic E-state index is 0.296. The maximum Gasteiger partial charge on any atom is 0.0446 e. The van der Waals surface area contributed by atoms with E-state index in [9.17, 15) is 5.11 Å². The van der Waals surface area contributed by atoms with E-state index in [0.717, 1.165) is 32.6 Å². The van der Waals surface area contributed by atoms with Crippen LogP contribution in [-0.2, 0) is 6.54 Å². The van der Waals surface area contributed by atoms with E-state index < -0.39 is 0 Å². The first-order valence-electron chi connectivity index (χ1n) is 10.5. The van der Waals surface area contributed by atoms with Crippen LogP contribution in [0.3, 0.4) is 0 Å². The molecule has 2 heterocycles. The van der Waals surface area contributed by atoms with Crippen LogP contribution in [0, 0.1) is 6.92 Å². The third kappa shape index (κ3) is 5.07. The van der Waals surface area contributed by atoms with E-state index in [-0.39, 0.29) is 0 Å². The topological polar surface area (TPSA) is 30.0 Å². The summed E-state index contributed by atoms with van der Waals surface area (Å²) in [4.78, 5) is 7.90. The van der Waals surface area contributed by atoms with E-state index in [1.807, 2.05) is 0 Å². The summed E-state index contributed by atoms with van der Waals surface area (Å²) in [6.07, 6.45) is 3.45. The number of nitrogens with zero attached hydrogens (tertiary/aromatic N) is 3. The number of benzene rings is 1. The lowest BCUT2D eigenvalue weighted by atomic mass is 9.97. The van der Waals surface area contributed by atoms with Gasteiger partial charge in [0.25, 0.3) is 0 Å². The highest BCUT2D eigenvalue weighted by molar-refractivity contribution is 5.21. The second-order valence-corrected chi connectivity index (χ2v) is 8.49. The summed E-state index contributed by atoms with van der Waals surface area (Å²) in [5, 5.41) is 9.60. The molecule has 4 nitrogen and oxygen atoms in total. The number of aryl methyl sites for hydroxylation is 1. The zero-order valence-electron chi connectivity index (χ0n) is 16.9. The van der Waals surface area contributed by atoms with Crippen molar-refractivity contribution in [3.8, 4) is 0 Å². The summed E-state index contributed by atoms with van der Waals surface area (Å²) >= 11 is 0. The molecule has 0 amide bonds. The zero-order chi connectivity index (χ0) is 18.5. The summed E-state index contributed by atoms with van der Waals surface area (Å²) < 4.78 is 0. The molecule has 4 heteroatoms. The molecular weight excluding hydrogens is 322 g/mol. The van der Waals surface area contributed by atoms with Crippen molar-refractivity contribution in [1.29, 1.82) is 0 Å². The van der Waals surface area contributed by atoms with E-state index in [4.69, 9.17) is 0 Å². The van der Waals surface area contributed by atoms with Crippen LogP contribution < -0.4 is 0 Å². The Kier molecular flexibility index (Phi) is 7.10. The Morgan fingerprint density at radius 2 is 1.73 bits per heavy atom. The molecule has 1 unspecified atom stereocenters. The van der Waals surface area contributed by atoms with Gasteiger partial charge in [0.15, 0.2) is 0 Å². The highest BCUT2D eigenvalue weighted by atomic mass is 16.3. The fourth-order valence-electron chi connectivity index (χ4n) is 4.65. The lowest BCUT2D eigenvalue weighted by molar-refractivity contribution is -0.0000300. The average molecular weight is 360 g/mol. The molecule has 2 fully saturated rings. The Balaban J connectivity index is 1.57. The minimum absolute atomic E-state index is 0.296. The van der Waals surface area contributed by atoms with Crippen LogP contribution in [0.1, 0.15) is 44.2 Å². The van der Waals surface area contributed by atoms with Crippen molar-refractivity contribution >= 4 is 0 Å². The molecule has 2 saturated heterocycles. The smallest absolute Gasteiger partial charge is 0.0446 e. The number of hydrogen-bond donors (Lipinski definition) is 1. The largest absolute Gasteiger partial charge is 0.396 e. The van der Waals surface area contributed by atoms with Gasteiger partial charge >= 0.3 is 0 Å². The third-order valence-corrected chi connectivity index (χ3v) is 6.30. The summed E-state index contributed by atoms with van der Waals surface area (Å²) in [6, 6.07) is 10.8. The van der Waals surface area contributed by atoms with Crippen LogP contribution in [-0.4, -0.2) is 77.3 Å². The lowest BCUT2D eigenvalue weighted by Crippen LogP contribution is -2.58. The first-order valence-corrected chi connectivity index (χ1v) is 10.5. The first-order chi connectivity index (χ1) is 12.6. The molecule has 1 N–H and O–H groups in total. The molecule has 1 atom stereocenters. The van der Waals surface area contributed by atoms with Gasteiger partial charge in [-0.2, -0.15) is 0 Å². The molecular formula is C22H37N3O. The Hall–Kier alpha value is -0.940. The van der Waals surface area contributed by atoms with Gasteiger partial charge in [-0.15, -0.1) is 0 Å². The molecule has 146 valence electrons. The molecule has 0 aromatic heterocycles. The molecule has 2 aliphatic heterocycles. The standard InChI is InChI=1S/C22H37N3O/c1-18(2)24-11-8-21(9-12-24)25-14-13-23(17-22(25)10-15-26)16-20-6-4-19(3)5-7-20/h4-7,18,21-22,26H,8-17H2,1-3H3. The van der Waals surface area contributed by atoms with Crippen LogP contribution in [0.25, 0.3) is 0 Å². The minimum Gasteiger partial charge on any atom is -0.396 e. The number of rotatable bonds is 6. The van der Waals surface area contributed by atoms with Crippen LogP contribution in [0.2, 0.25) is 0 Å². The van der Waals surface area contributed by atoms with Gasteiger partial charge < -0.3 is 10.0 Å². The normalized spacial score (nSPS) is 24.4. The second kappa shape index (κ2) is 9.32. The number of aliphatic hydroxyl groups excluding tert-OH is 1. The van der Waals surface area contributed by atoms with Crippen molar-refractivity contribution in [3.63, 3.8) is 0 Å². The molecule has 0 bridgehead atoms. The molecule has 3 rings (SSSR count). The van der Waals surface area contributed by atoms with Crippen molar-refractivity contribution < 1.29 is 5.11 Å². The van der Waals surface area contributed by atoms with E-state index in [2.05, 4.69) is 59.7 Å². The van der Waals surface area contributed by atoms with Crippen molar-refractivity contribution in [2.75, 3.05) is 39.3 Å². The summed E-state index contributed by atoms with van der Waals surface area (Å²) in [5.74, 6) is 0. The molecule has 0 aliphatic carbocycles. The van der Waals surface area contributed by atoms with E-state index >= 15 is 0 Å². The Bertz CT molecular complexity index is 537. The molecule has 0 spiro atoms. The number of piperidine rings is 1. The number of hydrogen-bond acceptors (Lipinski definition) is 4. The lowest BCUT2D eigenvalue weighted by Gasteiger charge is -2.48. The second-order valence-electron chi connectivity index (χ2n) is 8.49. The maximum absolute atomic E-state index is 9.60. The first kappa shape index (κ1) is 19.8. The van der Waals surface area contributed by atoms with Gasteiger partial charge in [0, 0.05) is 50.9 Å². The molecule has 1 aromatic carbocycles. The van der Waals surface area contributed by atoms with Gasteiger partial charge in [-0.1, -0.05) is 29.8 Å². The number of likely N-dealkylation sites (tertiary alicyclic amines) is 1. The van der Waals surface area contributed by atoms with Gasteiger partial charge in [-0.25, -0.2) is 0 Å². The van der Waals surface area contributed by atoms with Crippen LogP contribution in [0.4, 0.5) is 0 Å². The number of aliphatic hydroxyl groups is 1. The quantitative estimate of drug-likeness (QED) is 0.846. The fraction of sp³-hybridized carbons (Fsp3) is 0.727. The SMILES string of the molecule is Cc1ccc(CN2CCN(C3CCN(C(C)C)CC3)C(CCO)C2)cc1. The van der Waals surface area contributed by atoms with Gasteiger partial charge in [-0.3, -0.25) is 9.80 Å². The van der Waals surface area contributed by atoms with Crippen molar-refractivity contribution in [3.05, 3.63) is 35.4 Å². The summed E-state index contributed by atoms with van der Waals surface area (Å²) in [5.41, 5.74) is 2.72. The zero-order valence-corrected chi connectivity index (χ0v) is 16.9. The van der Waals surface area contributed by atoms with Gasteiger partial charge in [0.1, 0.15) is 0 Å². The molecule has 0 saturated carbocycles. The Morgan fingerprint density at radius 3 is 2.35 bits per heavy atom. The molecule has 0 radical (unpaired) electrons. The Labute approximate surface area is 159 Å².